The van der Waals surface area contributed by atoms with Crippen molar-refractivity contribution in [2.45, 2.75) is 78.3 Å². The summed E-state index contributed by atoms with van der Waals surface area (Å²) in [5.74, 6) is -0.866. The van der Waals surface area contributed by atoms with Crippen LogP contribution in [0.3, 0.4) is 0 Å². The van der Waals surface area contributed by atoms with E-state index in [1.165, 1.54) is 13.2 Å². The molecular formula is C25H39NO7Si. The third kappa shape index (κ3) is 9.30. The number of imide groups is 1. The highest BCUT2D eigenvalue weighted by Crippen LogP contribution is 2.36. The fourth-order valence-electron chi connectivity index (χ4n) is 2.46. The second kappa shape index (κ2) is 12.2. The van der Waals surface area contributed by atoms with Crippen molar-refractivity contribution in [3.63, 3.8) is 0 Å². The van der Waals surface area contributed by atoms with Gasteiger partial charge in [-0.15, -0.1) is 0 Å². The molecule has 0 bridgehead atoms. The van der Waals surface area contributed by atoms with Gasteiger partial charge in [0.15, 0.2) is 8.32 Å². The minimum absolute atomic E-state index is 0.0195. The molecule has 0 atom stereocenters. The number of methoxy groups -OCH3 is 1. The molecule has 0 saturated carbocycles. The molecule has 0 aliphatic heterocycles. The van der Waals surface area contributed by atoms with Gasteiger partial charge in [-0.1, -0.05) is 57.2 Å². The summed E-state index contributed by atoms with van der Waals surface area (Å²) in [4.78, 5) is 39.0. The van der Waals surface area contributed by atoms with E-state index in [-0.39, 0.29) is 23.8 Å². The second-order valence-electron chi connectivity index (χ2n) is 10.3. The van der Waals surface area contributed by atoms with Crippen molar-refractivity contribution in [3.05, 3.63) is 47.7 Å². The van der Waals surface area contributed by atoms with Crippen molar-refractivity contribution in [2.24, 2.45) is 0 Å². The highest BCUT2D eigenvalue weighted by atomic mass is 28.4. The molecule has 1 rings (SSSR count). The zero-order chi connectivity index (χ0) is 26.2. The van der Waals surface area contributed by atoms with Gasteiger partial charge in [-0.05, 0) is 50.9 Å². The molecule has 1 aromatic rings. The number of esters is 1. The van der Waals surface area contributed by atoms with Gasteiger partial charge >= 0.3 is 18.2 Å². The summed E-state index contributed by atoms with van der Waals surface area (Å²) in [6, 6.07) is 9.00. The van der Waals surface area contributed by atoms with Gasteiger partial charge < -0.3 is 18.6 Å². The monoisotopic (exact) mass is 493 g/mol. The lowest BCUT2D eigenvalue weighted by molar-refractivity contribution is -0.137. The van der Waals surface area contributed by atoms with Crippen LogP contribution in [0, 0.1) is 0 Å². The first-order valence-electron chi connectivity index (χ1n) is 11.3. The molecule has 0 unspecified atom stereocenters. The third-order valence-electron chi connectivity index (χ3n) is 5.32. The van der Waals surface area contributed by atoms with Crippen LogP contribution in [0.15, 0.2) is 42.1 Å². The molecule has 0 radical (unpaired) electrons. The van der Waals surface area contributed by atoms with Crippen molar-refractivity contribution < 1.29 is 33.0 Å². The van der Waals surface area contributed by atoms with E-state index in [1.54, 1.807) is 45.0 Å². The minimum Gasteiger partial charge on any atom is -0.464 e. The fourth-order valence-corrected chi connectivity index (χ4v) is 3.52. The van der Waals surface area contributed by atoms with Gasteiger partial charge in [0.1, 0.15) is 17.9 Å². The maximum absolute atomic E-state index is 13.0. The maximum Gasteiger partial charge on any atom is 0.424 e. The Morgan fingerprint density at radius 2 is 1.56 bits per heavy atom. The number of nitrogens with zero attached hydrogens (tertiary/aromatic N) is 1. The van der Waals surface area contributed by atoms with Gasteiger partial charge in [-0.25, -0.2) is 14.4 Å². The summed E-state index contributed by atoms with van der Waals surface area (Å²) < 4.78 is 21.7. The van der Waals surface area contributed by atoms with E-state index in [0.717, 1.165) is 5.56 Å². The van der Waals surface area contributed by atoms with E-state index >= 15 is 0 Å². The minimum atomic E-state index is -2.01. The molecule has 0 saturated heterocycles. The van der Waals surface area contributed by atoms with Gasteiger partial charge in [-0.2, -0.15) is 4.90 Å². The predicted molar refractivity (Wildman–Crippen MR) is 133 cm³/mol. The van der Waals surface area contributed by atoms with E-state index in [0.29, 0.717) is 11.5 Å². The molecule has 0 aromatic heterocycles. The molecule has 1 aromatic carbocycles. The smallest absolute Gasteiger partial charge is 0.424 e. The Kier molecular flexibility index (Phi) is 10.5. The van der Waals surface area contributed by atoms with Crippen LogP contribution in [0.25, 0.3) is 0 Å². The Labute approximate surface area is 204 Å². The lowest BCUT2D eigenvalue weighted by Gasteiger charge is -2.36. The van der Waals surface area contributed by atoms with Crippen LogP contribution in [0.4, 0.5) is 9.59 Å². The Morgan fingerprint density at radius 1 is 0.971 bits per heavy atom. The number of hydrogen-bond donors (Lipinski definition) is 0. The molecule has 0 aliphatic rings. The van der Waals surface area contributed by atoms with Crippen LogP contribution in [-0.2, 0) is 30.0 Å². The van der Waals surface area contributed by atoms with E-state index < -0.39 is 32.1 Å². The average molecular weight is 494 g/mol. The first-order valence-corrected chi connectivity index (χ1v) is 14.2. The van der Waals surface area contributed by atoms with Gasteiger partial charge in [0.25, 0.3) is 0 Å². The Hall–Kier alpha value is -2.65. The average Bonchev–Trinajstić information content (AvgIpc) is 2.72. The molecule has 0 spiro atoms. The zero-order valence-corrected chi connectivity index (χ0v) is 22.9. The summed E-state index contributed by atoms with van der Waals surface area (Å²) in [7, 11) is -0.836. The first kappa shape index (κ1) is 29.4. The van der Waals surface area contributed by atoms with Crippen molar-refractivity contribution in [1.82, 2.24) is 4.90 Å². The van der Waals surface area contributed by atoms with Crippen LogP contribution in [0.5, 0.6) is 0 Å². The Balaban J connectivity index is 3.16. The van der Waals surface area contributed by atoms with Crippen molar-refractivity contribution in [2.75, 3.05) is 13.7 Å². The van der Waals surface area contributed by atoms with E-state index in [4.69, 9.17) is 18.6 Å². The van der Waals surface area contributed by atoms with Crippen molar-refractivity contribution in [1.29, 1.82) is 0 Å². The second-order valence-corrected chi connectivity index (χ2v) is 15.1. The highest BCUT2D eigenvalue weighted by molar-refractivity contribution is 6.74. The van der Waals surface area contributed by atoms with E-state index in [2.05, 4.69) is 33.9 Å². The van der Waals surface area contributed by atoms with Gasteiger partial charge in [0, 0.05) is 6.61 Å². The van der Waals surface area contributed by atoms with E-state index in [9.17, 15) is 14.4 Å². The normalized spacial score (nSPS) is 12.7. The van der Waals surface area contributed by atoms with Crippen LogP contribution in [-0.4, -0.2) is 50.7 Å². The third-order valence-corrected chi connectivity index (χ3v) is 9.86. The van der Waals surface area contributed by atoms with E-state index in [1.807, 2.05) is 6.07 Å². The lowest BCUT2D eigenvalue weighted by Crippen LogP contribution is -2.43. The zero-order valence-electron chi connectivity index (χ0n) is 21.9. The molecule has 0 N–H and O–H groups in total. The van der Waals surface area contributed by atoms with Crippen LogP contribution >= 0.6 is 0 Å². The van der Waals surface area contributed by atoms with Crippen LogP contribution in [0.1, 0.15) is 53.5 Å². The maximum atomic E-state index is 13.0. The van der Waals surface area contributed by atoms with Crippen molar-refractivity contribution >= 4 is 26.5 Å². The largest absolute Gasteiger partial charge is 0.464 e. The molecule has 2 amide bonds. The molecule has 0 heterocycles. The lowest BCUT2D eigenvalue weighted by atomic mass is 10.2. The standard InChI is InChI=1S/C25H39NO7Si/c1-24(2,3)33-23(29)26(22(28)31-18-19-14-11-10-12-15-19)20(21(27)30-7)16-13-17-32-34(8,9)25(4,5)6/h10-12,14-16H,13,17-18H2,1-9H3/b20-16+. The number of carbonyl (C=O) groups is 3. The summed E-state index contributed by atoms with van der Waals surface area (Å²) in [5, 5.41) is 0.0195. The number of benzene rings is 1. The molecule has 8 nitrogen and oxygen atoms in total. The molecule has 0 fully saturated rings. The molecule has 0 aliphatic carbocycles. The Morgan fingerprint density at radius 3 is 2.06 bits per heavy atom. The SMILES string of the molecule is COC(=O)/C(=C\CCO[Si](C)(C)C(C)(C)C)N(C(=O)OCc1ccccc1)C(=O)OC(C)(C)C. The number of carbonyl (C=O) groups excluding carboxylic acids is 3. The first-order chi connectivity index (χ1) is 15.6. The number of hydrogen-bond acceptors (Lipinski definition) is 7. The van der Waals surface area contributed by atoms with Crippen molar-refractivity contribution in [3.8, 4) is 0 Å². The van der Waals surface area contributed by atoms with Gasteiger partial charge in [-0.3, -0.25) is 0 Å². The number of ether oxygens (including phenoxy) is 3. The molecule has 9 heteroatoms. The summed E-state index contributed by atoms with van der Waals surface area (Å²) in [5.41, 5.74) is -0.457. The highest BCUT2D eigenvalue weighted by Gasteiger charge is 2.37. The van der Waals surface area contributed by atoms with Crippen LogP contribution < -0.4 is 0 Å². The summed E-state index contributed by atoms with van der Waals surface area (Å²) in [6.07, 6.45) is -0.359. The predicted octanol–water partition coefficient (Wildman–Crippen LogP) is 6.03. The van der Waals surface area contributed by atoms with Gasteiger partial charge in [0.05, 0.1) is 7.11 Å². The number of rotatable bonds is 8. The summed E-state index contributed by atoms with van der Waals surface area (Å²) >= 11 is 0. The van der Waals surface area contributed by atoms with Crippen LogP contribution in [0.2, 0.25) is 18.1 Å². The quantitative estimate of drug-likeness (QED) is 0.144. The molecular weight excluding hydrogens is 454 g/mol. The summed E-state index contributed by atoms with van der Waals surface area (Å²) in [6.45, 7) is 15.8. The van der Waals surface area contributed by atoms with Gasteiger partial charge in [0.2, 0.25) is 0 Å². The topological polar surface area (TPSA) is 91.4 Å². The molecule has 190 valence electrons. The fraction of sp³-hybridized carbons (Fsp3) is 0.560. The number of amides is 2. The Bertz CT molecular complexity index is 867. The molecule has 34 heavy (non-hydrogen) atoms.